The van der Waals surface area contributed by atoms with E-state index in [-0.39, 0.29) is 34.1 Å². The third-order valence-corrected chi connectivity index (χ3v) is 6.59. The first-order chi connectivity index (χ1) is 13.8. The van der Waals surface area contributed by atoms with E-state index >= 15 is 0 Å². The second-order valence-electron chi connectivity index (χ2n) is 6.68. The number of nitrogens with two attached hydrogens (primary N) is 1. The minimum Gasteiger partial charge on any atom is -0.327 e. The summed E-state index contributed by atoms with van der Waals surface area (Å²) < 4.78 is 80.9. The minimum absolute atomic E-state index is 0.0731. The third-order valence-electron chi connectivity index (χ3n) is 4.30. The molecule has 166 valence electrons. The normalized spacial score (nSPS) is 13.3. The number of alkyl halides is 3. The summed E-state index contributed by atoms with van der Waals surface area (Å²) in [7, 11) is -1.13. The van der Waals surface area contributed by atoms with E-state index in [0.717, 1.165) is 10.4 Å². The molecule has 0 aliphatic rings. The Bertz CT molecular complexity index is 1060. The lowest BCUT2D eigenvalue weighted by Crippen LogP contribution is -2.22. The van der Waals surface area contributed by atoms with Gasteiger partial charge in [-0.3, -0.25) is 4.68 Å². The van der Waals surface area contributed by atoms with Crippen molar-refractivity contribution in [2.24, 2.45) is 5.73 Å². The lowest BCUT2D eigenvalue weighted by Gasteiger charge is -2.14. The Morgan fingerprint density at radius 1 is 1.33 bits per heavy atom. The summed E-state index contributed by atoms with van der Waals surface area (Å²) >= 11 is 6.08. The summed E-state index contributed by atoms with van der Waals surface area (Å²) in [5, 5.41) is 3.72. The average molecular weight is 469 g/mol. The monoisotopic (exact) mass is 468 g/mol. The van der Waals surface area contributed by atoms with Crippen LogP contribution in [-0.4, -0.2) is 43.1 Å². The van der Waals surface area contributed by atoms with E-state index in [1.807, 2.05) is 0 Å². The molecule has 0 saturated carbocycles. The predicted molar refractivity (Wildman–Crippen MR) is 105 cm³/mol. The van der Waals surface area contributed by atoms with Crippen molar-refractivity contribution < 1.29 is 26.0 Å². The average Bonchev–Trinajstić information content (AvgIpc) is 2.89. The van der Waals surface area contributed by atoms with Crippen molar-refractivity contribution in [3.8, 4) is 0 Å². The highest BCUT2D eigenvalue weighted by Gasteiger charge is 2.39. The number of aromatic nitrogens is 2. The summed E-state index contributed by atoms with van der Waals surface area (Å²) in [6.45, 7) is 0.534. The number of hydrogen-bond acceptors (Lipinski definition) is 4. The SMILES string of the molecule is Cc1nn(CC(F)=CCN)c(C(F)(F)F)c1Cc1ccc(S(=O)(=O)N(C)C)c(Cl)c1. The molecule has 0 unspecified atom stereocenters. The molecule has 0 fully saturated rings. The zero-order valence-corrected chi connectivity index (χ0v) is 18.0. The number of aryl methyl sites for hydroxylation is 1. The Morgan fingerprint density at radius 2 is 1.97 bits per heavy atom. The largest absolute Gasteiger partial charge is 0.433 e. The summed E-state index contributed by atoms with van der Waals surface area (Å²) in [5.41, 5.74) is 4.38. The Labute approximate surface area is 177 Å². The van der Waals surface area contributed by atoms with E-state index in [4.69, 9.17) is 17.3 Å². The molecule has 2 N–H and O–H groups in total. The van der Waals surface area contributed by atoms with Gasteiger partial charge < -0.3 is 5.73 Å². The van der Waals surface area contributed by atoms with Crippen LogP contribution in [0.2, 0.25) is 5.02 Å². The Kier molecular flexibility index (Phi) is 7.33. The molecule has 1 aromatic carbocycles. The quantitative estimate of drug-likeness (QED) is 0.630. The van der Waals surface area contributed by atoms with Crippen LogP contribution in [-0.2, 0) is 29.2 Å². The van der Waals surface area contributed by atoms with Crippen molar-refractivity contribution in [1.82, 2.24) is 14.1 Å². The lowest BCUT2D eigenvalue weighted by atomic mass is 10.0. The van der Waals surface area contributed by atoms with E-state index in [1.165, 1.54) is 39.2 Å². The summed E-state index contributed by atoms with van der Waals surface area (Å²) in [4.78, 5) is -0.157. The molecule has 0 atom stereocenters. The first-order valence-corrected chi connectivity index (χ1v) is 10.5. The molecule has 1 heterocycles. The molecule has 0 spiro atoms. The van der Waals surface area contributed by atoms with E-state index in [2.05, 4.69) is 5.10 Å². The maximum Gasteiger partial charge on any atom is 0.433 e. The highest BCUT2D eigenvalue weighted by Crippen LogP contribution is 2.36. The Hall–Kier alpha value is -1.95. The van der Waals surface area contributed by atoms with Crippen molar-refractivity contribution in [2.75, 3.05) is 20.6 Å². The topological polar surface area (TPSA) is 81.2 Å². The van der Waals surface area contributed by atoms with Crippen LogP contribution in [0.25, 0.3) is 0 Å². The van der Waals surface area contributed by atoms with E-state index in [9.17, 15) is 26.0 Å². The Morgan fingerprint density at radius 3 is 2.47 bits per heavy atom. The summed E-state index contributed by atoms with van der Waals surface area (Å²) in [6, 6.07) is 3.92. The van der Waals surface area contributed by atoms with Gasteiger partial charge in [-0.1, -0.05) is 17.7 Å². The number of rotatable bonds is 7. The van der Waals surface area contributed by atoms with Crippen molar-refractivity contribution in [3.63, 3.8) is 0 Å². The molecule has 1 aromatic heterocycles. The van der Waals surface area contributed by atoms with Gasteiger partial charge in [0.15, 0.2) is 0 Å². The van der Waals surface area contributed by atoms with Crippen LogP contribution >= 0.6 is 11.6 Å². The zero-order valence-electron chi connectivity index (χ0n) is 16.5. The molecular formula is C18H21ClF4N4O2S. The number of sulfonamides is 1. The fourth-order valence-electron chi connectivity index (χ4n) is 2.86. The summed E-state index contributed by atoms with van der Waals surface area (Å²) in [6.07, 6.45) is -4.02. The van der Waals surface area contributed by atoms with Crippen LogP contribution in [0, 0.1) is 6.92 Å². The van der Waals surface area contributed by atoms with E-state index in [1.54, 1.807) is 0 Å². The Balaban J connectivity index is 2.50. The molecule has 2 aromatic rings. The van der Waals surface area contributed by atoms with Gasteiger partial charge in [-0.2, -0.15) is 18.3 Å². The fourth-order valence-corrected chi connectivity index (χ4v) is 4.30. The maximum atomic E-state index is 13.8. The van der Waals surface area contributed by atoms with Crippen LogP contribution in [0.3, 0.4) is 0 Å². The van der Waals surface area contributed by atoms with Gasteiger partial charge in [0.25, 0.3) is 0 Å². The number of allylic oxidation sites excluding steroid dienone is 1. The van der Waals surface area contributed by atoms with Crippen molar-refractivity contribution in [2.45, 2.75) is 31.0 Å². The molecule has 0 saturated heterocycles. The number of benzene rings is 1. The van der Waals surface area contributed by atoms with Crippen LogP contribution in [0.4, 0.5) is 17.6 Å². The molecular weight excluding hydrogens is 448 g/mol. The molecule has 0 amide bonds. The standard InChI is InChI=1S/C18H21ClF4N4O2S/c1-11-14(17(18(21,22)23)27(25-11)10-13(20)6-7-24)8-12-4-5-16(15(19)9-12)30(28,29)26(2)3/h4-6,9H,7-8,10,24H2,1-3H3. The van der Waals surface area contributed by atoms with E-state index in [0.29, 0.717) is 10.2 Å². The van der Waals surface area contributed by atoms with Gasteiger partial charge in [0.05, 0.1) is 17.3 Å². The first-order valence-electron chi connectivity index (χ1n) is 8.68. The predicted octanol–water partition coefficient (Wildman–Crippen LogP) is 3.52. The van der Waals surface area contributed by atoms with Gasteiger partial charge in [-0.25, -0.2) is 17.1 Å². The van der Waals surface area contributed by atoms with Gasteiger partial charge >= 0.3 is 6.18 Å². The molecule has 6 nitrogen and oxygen atoms in total. The number of hydrogen-bond donors (Lipinski definition) is 1. The highest BCUT2D eigenvalue weighted by atomic mass is 35.5. The number of halogens is 5. The molecule has 0 bridgehead atoms. The molecule has 30 heavy (non-hydrogen) atoms. The van der Waals surface area contributed by atoms with Crippen molar-refractivity contribution >= 4 is 21.6 Å². The van der Waals surface area contributed by atoms with Crippen LogP contribution in [0.15, 0.2) is 35.0 Å². The zero-order chi connectivity index (χ0) is 22.9. The minimum atomic E-state index is -4.78. The first kappa shape index (κ1) is 24.3. The smallest absolute Gasteiger partial charge is 0.327 e. The second kappa shape index (κ2) is 9.04. The molecule has 0 aliphatic heterocycles. The van der Waals surface area contributed by atoms with Gasteiger partial charge in [-0.05, 0) is 30.7 Å². The van der Waals surface area contributed by atoms with Crippen LogP contribution in [0.1, 0.15) is 22.5 Å². The van der Waals surface area contributed by atoms with Gasteiger partial charge in [0.1, 0.15) is 16.4 Å². The highest BCUT2D eigenvalue weighted by molar-refractivity contribution is 7.89. The van der Waals surface area contributed by atoms with Gasteiger partial charge in [-0.15, -0.1) is 0 Å². The van der Waals surface area contributed by atoms with Crippen LogP contribution < -0.4 is 5.73 Å². The van der Waals surface area contributed by atoms with E-state index < -0.39 is 34.3 Å². The molecule has 0 aliphatic carbocycles. The molecule has 12 heteroatoms. The maximum absolute atomic E-state index is 13.8. The number of nitrogens with zero attached hydrogens (tertiary/aromatic N) is 3. The fraction of sp³-hybridized carbons (Fsp3) is 0.389. The third kappa shape index (κ3) is 5.20. The van der Waals surface area contributed by atoms with Crippen LogP contribution in [0.5, 0.6) is 0 Å². The molecule has 0 radical (unpaired) electrons. The van der Waals surface area contributed by atoms with Crippen molar-refractivity contribution in [1.29, 1.82) is 0 Å². The van der Waals surface area contributed by atoms with Gasteiger partial charge in [0, 0.05) is 32.6 Å². The second-order valence-corrected chi connectivity index (χ2v) is 9.21. The lowest BCUT2D eigenvalue weighted by molar-refractivity contribution is -0.144. The van der Waals surface area contributed by atoms with Crippen molar-refractivity contribution in [3.05, 3.63) is 57.6 Å². The molecule has 2 rings (SSSR count). The van der Waals surface area contributed by atoms with Gasteiger partial charge in [0.2, 0.25) is 10.0 Å². The summed E-state index contributed by atoms with van der Waals surface area (Å²) in [5.74, 6) is -0.835.